The molecule has 0 aliphatic heterocycles. The van der Waals surface area contributed by atoms with Gasteiger partial charge in [-0.05, 0) is 54.0 Å². The molecule has 0 heterocycles. The van der Waals surface area contributed by atoms with Gasteiger partial charge >= 0.3 is 0 Å². The van der Waals surface area contributed by atoms with Crippen molar-refractivity contribution in [3.8, 4) is 5.75 Å². The Balaban J connectivity index is 1.35. The maximum absolute atomic E-state index is 12.5. The molecule has 156 valence electrons. The third-order valence-electron chi connectivity index (χ3n) is 6.45. The van der Waals surface area contributed by atoms with Crippen molar-refractivity contribution < 1.29 is 14.5 Å². The van der Waals surface area contributed by atoms with Crippen LogP contribution in [0.15, 0.2) is 53.6 Å². The molecule has 3 atom stereocenters. The Bertz CT molecular complexity index is 973. The molecule has 0 radical (unpaired) electrons. The number of ether oxygens (including phenoxy) is 1. The number of benzene rings is 2. The van der Waals surface area contributed by atoms with Crippen LogP contribution in [0.5, 0.6) is 5.75 Å². The van der Waals surface area contributed by atoms with E-state index in [1.807, 2.05) is 24.3 Å². The van der Waals surface area contributed by atoms with E-state index in [-0.39, 0.29) is 29.5 Å². The predicted molar refractivity (Wildman–Crippen MR) is 113 cm³/mol. The summed E-state index contributed by atoms with van der Waals surface area (Å²) < 4.78 is 5.86. The SMILES string of the molecule is C[C@]12CCCC[C@@H]1[C@H]2C(=O)N/N=C\c1ccccc1OCc1ccc([N+](=O)[O-])cc1. The van der Waals surface area contributed by atoms with Crippen LogP contribution in [0.1, 0.15) is 43.7 Å². The van der Waals surface area contributed by atoms with Gasteiger partial charge in [0.15, 0.2) is 0 Å². The normalized spacial score (nSPS) is 24.8. The van der Waals surface area contributed by atoms with E-state index in [1.54, 1.807) is 18.3 Å². The molecular weight excluding hydrogens is 382 g/mol. The van der Waals surface area contributed by atoms with Crippen LogP contribution in [0, 0.1) is 27.4 Å². The third kappa shape index (κ3) is 4.06. The Hall–Kier alpha value is -3.22. The lowest BCUT2D eigenvalue weighted by Gasteiger charge is -2.15. The zero-order chi connectivity index (χ0) is 21.1. The van der Waals surface area contributed by atoms with Crippen molar-refractivity contribution in [1.82, 2.24) is 5.43 Å². The summed E-state index contributed by atoms with van der Waals surface area (Å²) in [5, 5.41) is 14.9. The molecule has 2 aliphatic carbocycles. The van der Waals surface area contributed by atoms with Crippen molar-refractivity contribution in [2.45, 2.75) is 39.2 Å². The van der Waals surface area contributed by atoms with E-state index >= 15 is 0 Å². The second-order valence-corrected chi connectivity index (χ2v) is 8.32. The number of para-hydroxylation sites is 1. The largest absolute Gasteiger partial charge is 0.488 e. The van der Waals surface area contributed by atoms with E-state index < -0.39 is 4.92 Å². The van der Waals surface area contributed by atoms with Crippen molar-refractivity contribution in [1.29, 1.82) is 0 Å². The van der Waals surface area contributed by atoms with Crippen molar-refractivity contribution in [3.05, 3.63) is 69.8 Å². The number of carbonyl (C=O) groups is 1. The molecule has 0 bridgehead atoms. The Morgan fingerprint density at radius 3 is 2.73 bits per heavy atom. The quantitative estimate of drug-likeness (QED) is 0.417. The molecule has 2 aromatic rings. The Kier molecular flexibility index (Phi) is 5.53. The van der Waals surface area contributed by atoms with E-state index in [9.17, 15) is 14.9 Å². The Morgan fingerprint density at radius 1 is 1.27 bits per heavy atom. The molecule has 2 aliphatic rings. The molecule has 4 rings (SSSR count). The molecule has 0 saturated heterocycles. The smallest absolute Gasteiger partial charge is 0.269 e. The van der Waals surface area contributed by atoms with Gasteiger partial charge in [0, 0.05) is 23.6 Å². The highest BCUT2D eigenvalue weighted by Gasteiger charge is 2.64. The fourth-order valence-electron chi connectivity index (χ4n) is 4.68. The first-order valence-corrected chi connectivity index (χ1v) is 10.3. The number of nitrogens with zero attached hydrogens (tertiary/aromatic N) is 2. The second kappa shape index (κ2) is 8.26. The van der Waals surface area contributed by atoms with Crippen molar-refractivity contribution in [2.24, 2.45) is 22.4 Å². The van der Waals surface area contributed by atoms with Gasteiger partial charge in [-0.2, -0.15) is 5.10 Å². The molecule has 1 amide bonds. The number of nitrogens with one attached hydrogen (secondary N) is 1. The summed E-state index contributed by atoms with van der Waals surface area (Å²) in [6, 6.07) is 13.7. The zero-order valence-electron chi connectivity index (χ0n) is 16.9. The lowest BCUT2D eigenvalue weighted by Crippen LogP contribution is -2.22. The van der Waals surface area contributed by atoms with Gasteiger partial charge in [0.2, 0.25) is 5.91 Å². The number of hydrogen-bond acceptors (Lipinski definition) is 5. The zero-order valence-corrected chi connectivity index (χ0v) is 16.9. The number of nitro benzene ring substituents is 1. The maximum Gasteiger partial charge on any atom is 0.269 e. The summed E-state index contributed by atoms with van der Waals surface area (Å²) >= 11 is 0. The fourth-order valence-corrected chi connectivity index (χ4v) is 4.68. The summed E-state index contributed by atoms with van der Waals surface area (Å²) in [4.78, 5) is 22.9. The molecule has 1 N–H and O–H groups in total. The summed E-state index contributed by atoms with van der Waals surface area (Å²) in [5.74, 6) is 1.20. The first-order valence-electron chi connectivity index (χ1n) is 10.3. The predicted octanol–water partition coefficient (Wildman–Crippen LogP) is 4.45. The fraction of sp³-hybridized carbons (Fsp3) is 0.391. The first-order chi connectivity index (χ1) is 14.5. The van der Waals surface area contributed by atoms with Gasteiger partial charge in [-0.15, -0.1) is 0 Å². The summed E-state index contributed by atoms with van der Waals surface area (Å²) in [5.41, 5.74) is 4.48. The van der Waals surface area contributed by atoms with Gasteiger partial charge in [0.1, 0.15) is 12.4 Å². The number of rotatable bonds is 7. The van der Waals surface area contributed by atoms with E-state index in [1.165, 1.54) is 25.0 Å². The number of non-ortho nitro benzene ring substituents is 1. The van der Waals surface area contributed by atoms with Crippen LogP contribution < -0.4 is 10.2 Å². The van der Waals surface area contributed by atoms with Crippen LogP contribution in [0.25, 0.3) is 0 Å². The Morgan fingerprint density at radius 2 is 2.03 bits per heavy atom. The molecule has 0 spiro atoms. The molecule has 2 fully saturated rings. The number of amides is 1. The van der Waals surface area contributed by atoms with Gasteiger partial charge in [0.05, 0.1) is 11.1 Å². The van der Waals surface area contributed by atoms with Crippen LogP contribution >= 0.6 is 0 Å². The van der Waals surface area contributed by atoms with Crippen molar-refractivity contribution in [2.75, 3.05) is 0 Å². The average Bonchev–Trinajstić information content (AvgIpc) is 3.38. The maximum atomic E-state index is 12.5. The van der Waals surface area contributed by atoms with E-state index in [0.29, 0.717) is 11.7 Å². The number of hydrazone groups is 1. The molecule has 30 heavy (non-hydrogen) atoms. The van der Waals surface area contributed by atoms with Gasteiger partial charge in [-0.25, -0.2) is 5.43 Å². The minimum atomic E-state index is -0.429. The van der Waals surface area contributed by atoms with Gasteiger partial charge in [-0.1, -0.05) is 31.9 Å². The van der Waals surface area contributed by atoms with Crippen LogP contribution in [0.4, 0.5) is 5.69 Å². The van der Waals surface area contributed by atoms with Gasteiger partial charge < -0.3 is 4.74 Å². The lowest BCUT2D eigenvalue weighted by molar-refractivity contribution is -0.384. The Labute approximate surface area is 175 Å². The third-order valence-corrected chi connectivity index (χ3v) is 6.45. The highest BCUT2D eigenvalue weighted by atomic mass is 16.6. The number of nitro groups is 1. The number of hydrogen-bond donors (Lipinski definition) is 1. The van der Waals surface area contributed by atoms with Crippen LogP contribution in [-0.4, -0.2) is 17.0 Å². The minimum Gasteiger partial charge on any atom is -0.488 e. The first kappa shape index (κ1) is 20.1. The van der Waals surface area contributed by atoms with Gasteiger partial charge in [0.25, 0.3) is 5.69 Å². The van der Waals surface area contributed by atoms with E-state index in [4.69, 9.17) is 4.74 Å². The summed E-state index contributed by atoms with van der Waals surface area (Å²) in [7, 11) is 0. The minimum absolute atomic E-state index is 0.00456. The molecule has 0 aromatic heterocycles. The second-order valence-electron chi connectivity index (χ2n) is 8.32. The summed E-state index contributed by atoms with van der Waals surface area (Å²) in [6.07, 6.45) is 6.28. The lowest BCUT2D eigenvalue weighted by atomic mass is 9.90. The standard InChI is InChI=1S/C23H25N3O4/c1-23-13-5-4-7-19(23)21(23)22(27)25-24-14-17-6-2-3-8-20(17)30-15-16-9-11-18(12-10-16)26(28)29/h2-3,6,8-12,14,19,21H,4-5,7,13,15H2,1H3,(H,25,27)/b24-14-/t19-,21+,23+/m1/s1. The van der Waals surface area contributed by atoms with E-state index in [0.717, 1.165) is 24.0 Å². The molecular formula is C23H25N3O4. The number of fused-ring (bicyclic) bond motifs is 1. The van der Waals surface area contributed by atoms with E-state index in [2.05, 4.69) is 17.5 Å². The molecule has 2 saturated carbocycles. The highest BCUT2D eigenvalue weighted by molar-refractivity contribution is 5.87. The topological polar surface area (TPSA) is 93.8 Å². The van der Waals surface area contributed by atoms with Crippen molar-refractivity contribution in [3.63, 3.8) is 0 Å². The molecule has 7 heteroatoms. The number of carbonyl (C=O) groups excluding carboxylic acids is 1. The highest BCUT2D eigenvalue weighted by Crippen LogP contribution is 2.66. The monoisotopic (exact) mass is 407 g/mol. The van der Waals surface area contributed by atoms with Crippen LogP contribution in [0.2, 0.25) is 0 Å². The van der Waals surface area contributed by atoms with Gasteiger partial charge in [-0.3, -0.25) is 14.9 Å². The molecule has 0 unspecified atom stereocenters. The molecule has 7 nitrogen and oxygen atoms in total. The molecule has 2 aromatic carbocycles. The summed E-state index contributed by atoms with van der Waals surface area (Å²) in [6.45, 7) is 2.49. The van der Waals surface area contributed by atoms with Crippen LogP contribution in [0.3, 0.4) is 0 Å². The van der Waals surface area contributed by atoms with Crippen molar-refractivity contribution >= 4 is 17.8 Å². The van der Waals surface area contributed by atoms with Crippen LogP contribution in [-0.2, 0) is 11.4 Å². The average molecular weight is 407 g/mol.